The molecule has 1 saturated heterocycles. The van der Waals surface area contributed by atoms with Crippen molar-refractivity contribution in [3.8, 4) is 0 Å². The molecule has 1 fully saturated rings. The zero-order chi connectivity index (χ0) is 12.3. The highest BCUT2D eigenvalue weighted by molar-refractivity contribution is 5.89. The molecule has 0 radical (unpaired) electrons. The van der Waals surface area contributed by atoms with Crippen LogP contribution in [0.3, 0.4) is 0 Å². The van der Waals surface area contributed by atoms with E-state index in [-0.39, 0.29) is 6.03 Å². The summed E-state index contributed by atoms with van der Waals surface area (Å²) in [7, 11) is 0. The lowest BCUT2D eigenvalue weighted by molar-refractivity contribution is 0.182. The molecule has 0 bridgehead atoms. The summed E-state index contributed by atoms with van der Waals surface area (Å²) >= 11 is 0. The Morgan fingerprint density at radius 2 is 2.29 bits per heavy atom. The maximum Gasteiger partial charge on any atom is 0.321 e. The summed E-state index contributed by atoms with van der Waals surface area (Å²) < 4.78 is 0. The van der Waals surface area contributed by atoms with Crippen molar-refractivity contribution in [2.45, 2.75) is 26.7 Å². The van der Waals surface area contributed by atoms with Gasteiger partial charge < -0.3 is 10.2 Å². The molecule has 17 heavy (non-hydrogen) atoms. The van der Waals surface area contributed by atoms with Gasteiger partial charge in [-0.05, 0) is 43.4 Å². The number of carbonyl (C=O) groups excluding carboxylic acids is 1. The van der Waals surface area contributed by atoms with Crippen molar-refractivity contribution in [2.24, 2.45) is 5.92 Å². The predicted molar refractivity (Wildman–Crippen MR) is 70.2 cm³/mol. The predicted octanol–water partition coefficient (Wildman–Crippen LogP) is 3.26. The van der Waals surface area contributed by atoms with E-state index < -0.39 is 0 Å². The van der Waals surface area contributed by atoms with Gasteiger partial charge in [0.1, 0.15) is 0 Å². The lowest BCUT2D eigenvalue weighted by Crippen LogP contribution is -2.41. The number of hydrogen-bond donors (Lipinski definition) is 1. The number of benzene rings is 1. The van der Waals surface area contributed by atoms with Gasteiger partial charge in [-0.25, -0.2) is 4.79 Å². The van der Waals surface area contributed by atoms with Crippen molar-refractivity contribution in [1.29, 1.82) is 0 Å². The van der Waals surface area contributed by atoms with Gasteiger partial charge in [0.05, 0.1) is 0 Å². The average Bonchev–Trinajstić information content (AvgIpc) is 2.29. The number of carbonyl (C=O) groups is 1. The fourth-order valence-electron chi connectivity index (χ4n) is 2.30. The third-order valence-corrected chi connectivity index (χ3v) is 3.21. The Morgan fingerprint density at radius 3 is 3.00 bits per heavy atom. The molecule has 1 N–H and O–H groups in total. The molecule has 1 heterocycles. The zero-order valence-corrected chi connectivity index (χ0v) is 10.6. The normalized spacial score (nSPS) is 20.1. The molecule has 92 valence electrons. The van der Waals surface area contributed by atoms with Crippen LogP contribution >= 0.6 is 0 Å². The summed E-state index contributed by atoms with van der Waals surface area (Å²) in [6.07, 6.45) is 2.34. The van der Waals surface area contributed by atoms with Gasteiger partial charge in [0, 0.05) is 18.8 Å². The number of hydrogen-bond acceptors (Lipinski definition) is 1. The molecule has 0 saturated carbocycles. The van der Waals surface area contributed by atoms with Crippen LogP contribution in [0.15, 0.2) is 24.3 Å². The number of aryl methyl sites for hydroxylation is 1. The highest BCUT2D eigenvalue weighted by Gasteiger charge is 2.20. The van der Waals surface area contributed by atoms with Crippen LogP contribution in [0.25, 0.3) is 0 Å². The molecule has 1 aromatic carbocycles. The van der Waals surface area contributed by atoms with Crippen molar-refractivity contribution in [2.75, 3.05) is 18.4 Å². The monoisotopic (exact) mass is 232 g/mol. The second kappa shape index (κ2) is 5.21. The molecule has 1 unspecified atom stereocenters. The molecule has 2 amide bonds. The molecule has 1 atom stereocenters. The van der Waals surface area contributed by atoms with E-state index in [2.05, 4.69) is 12.2 Å². The molecule has 1 aromatic rings. The van der Waals surface area contributed by atoms with E-state index in [1.165, 1.54) is 6.42 Å². The largest absolute Gasteiger partial charge is 0.324 e. The van der Waals surface area contributed by atoms with Crippen molar-refractivity contribution < 1.29 is 4.79 Å². The number of anilines is 1. The number of rotatable bonds is 1. The number of likely N-dealkylation sites (tertiary alicyclic amines) is 1. The Kier molecular flexibility index (Phi) is 3.67. The first-order chi connectivity index (χ1) is 8.15. The van der Waals surface area contributed by atoms with Crippen LogP contribution in [-0.4, -0.2) is 24.0 Å². The van der Waals surface area contributed by atoms with Crippen LogP contribution in [0, 0.1) is 12.8 Å². The van der Waals surface area contributed by atoms with Crippen LogP contribution in [0.5, 0.6) is 0 Å². The number of nitrogens with one attached hydrogen (secondary N) is 1. The van der Waals surface area contributed by atoms with Gasteiger partial charge >= 0.3 is 6.03 Å². The minimum Gasteiger partial charge on any atom is -0.324 e. The van der Waals surface area contributed by atoms with Crippen molar-refractivity contribution >= 4 is 11.7 Å². The van der Waals surface area contributed by atoms with Gasteiger partial charge in [0.15, 0.2) is 0 Å². The van der Waals surface area contributed by atoms with Gasteiger partial charge in [0.2, 0.25) is 0 Å². The van der Waals surface area contributed by atoms with E-state index in [1.54, 1.807) is 0 Å². The van der Waals surface area contributed by atoms with Gasteiger partial charge in [-0.3, -0.25) is 0 Å². The minimum absolute atomic E-state index is 0.0298. The van der Waals surface area contributed by atoms with E-state index >= 15 is 0 Å². The smallest absolute Gasteiger partial charge is 0.321 e. The van der Waals surface area contributed by atoms with Crippen LogP contribution in [0.2, 0.25) is 0 Å². The third kappa shape index (κ3) is 3.22. The molecule has 1 aliphatic heterocycles. The highest BCUT2D eigenvalue weighted by Crippen LogP contribution is 2.17. The molecular weight excluding hydrogens is 212 g/mol. The van der Waals surface area contributed by atoms with E-state index in [0.29, 0.717) is 5.92 Å². The molecule has 2 rings (SSSR count). The number of nitrogens with zero attached hydrogens (tertiary/aromatic N) is 1. The molecule has 3 nitrogen and oxygen atoms in total. The Balaban J connectivity index is 1.96. The lowest BCUT2D eigenvalue weighted by Gasteiger charge is -2.30. The highest BCUT2D eigenvalue weighted by atomic mass is 16.2. The standard InChI is InChI=1S/C14H20N2O/c1-11-5-3-7-13(9-11)15-14(17)16-8-4-6-12(2)10-16/h3,5,7,9,12H,4,6,8,10H2,1-2H3,(H,15,17). The SMILES string of the molecule is Cc1cccc(NC(=O)N2CCCC(C)C2)c1. The first kappa shape index (κ1) is 12.0. The number of piperidine rings is 1. The van der Waals surface area contributed by atoms with E-state index in [9.17, 15) is 4.79 Å². The fraction of sp³-hybridized carbons (Fsp3) is 0.500. The summed E-state index contributed by atoms with van der Waals surface area (Å²) in [6, 6.07) is 7.94. The summed E-state index contributed by atoms with van der Waals surface area (Å²) in [5, 5.41) is 2.96. The summed E-state index contributed by atoms with van der Waals surface area (Å²) in [6.45, 7) is 5.98. The van der Waals surface area contributed by atoms with E-state index in [1.807, 2.05) is 36.1 Å². The number of urea groups is 1. The average molecular weight is 232 g/mol. The second-order valence-corrected chi connectivity index (χ2v) is 4.99. The Labute approximate surface area is 103 Å². The van der Waals surface area contributed by atoms with Crippen LogP contribution < -0.4 is 5.32 Å². The quantitative estimate of drug-likeness (QED) is 0.792. The molecule has 0 spiro atoms. The van der Waals surface area contributed by atoms with Gasteiger partial charge in [-0.15, -0.1) is 0 Å². The lowest BCUT2D eigenvalue weighted by atomic mass is 10.0. The first-order valence-electron chi connectivity index (χ1n) is 6.28. The minimum atomic E-state index is 0.0298. The second-order valence-electron chi connectivity index (χ2n) is 4.99. The molecular formula is C14H20N2O. The third-order valence-electron chi connectivity index (χ3n) is 3.21. The topological polar surface area (TPSA) is 32.3 Å². The van der Waals surface area contributed by atoms with Gasteiger partial charge in [0.25, 0.3) is 0 Å². The molecule has 3 heteroatoms. The summed E-state index contributed by atoms with van der Waals surface area (Å²) in [4.78, 5) is 14.0. The van der Waals surface area contributed by atoms with Crippen molar-refractivity contribution in [1.82, 2.24) is 4.90 Å². The summed E-state index contributed by atoms with van der Waals surface area (Å²) in [5.74, 6) is 0.618. The molecule has 0 aromatic heterocycles. The maximum atomic E-state index is 12.0. The zero-order valence-electron chi connectivity index (χ0n) is 10.6. The number of amides is 2. The molecule has 1 aliphatic rings. The van der Waals surface area contributed by atoms with Crippen LogP contribution in [0.1, 0.15) is 25.3 Å². The van der Waals surface area contributed by atoms with E-state index in [4.69, 9.17) is 0 Å². The van der Waals surface area contributed by atoms with Crippen LogP contribution in [-0.2, 0) is 0 Å². The van der Waals surface area contributed by atoms with E-state index in [0.717, 1.165) is 30.8 Å². The Morgan fingerprint density at radius 1 is 1.47 bits per heavy atom. The van der Waals surface area contributed by atoms with Crippen molar-refractivity contribution in [3.63, 3.8) is 0 Å². The maximum absolute atomic E-state index is 12.0. The van der Waals surface area contributed by atoms with Crippen LogP contribution in [0.4, 0.5) is 10.5 Å². The first-order valence-corrected chi connectivity index (χ1v) is 6.28. The fourth-order valence-corrected chi connectivity index (χ4v) is 2.30. The Bertz CT molecular complexity index is 403. The Hall–Kier alpha value is -1.51. The van der Waals surface area contributed by atoms with Gasteiger partial charge in [-0.2, -0.15) is 0 Å². The molecule has 0 aliphatic carbocycles. The van der Waals surface area contributed by atoms with Crippen molar-refractivity contribution in [3.05, 3.63) is 29.8 Å². The van der Waals surface area contributed by atoms with Gasteiger partial charge in [-0.1, -0.05) is 19.1 Å². The summed E-state index contributed by atoms with van der Waals surface area (Å²) in [5.41, 5.74) is 2.04.